The number of nitrogens with one attached hydrogen (secondary N) is 6. The first-order valence-electron chi connectivity index (χ1n) is 27.8. The van der Waals surface area contributed by atoms with Crippen molar-refractivity contribution in [3.05, 3.63) is 179 Å². The zero-order valence-corrected chi connectivity index (χ0v) is 45.8. The third-order valence-electron chi connectivity index (χ3n) is 16.3. The lowest BCUT2D eigenvalue weighted by molar-refractivity contribution is -0.145. The molecule has 418 valence electrons. The van der Waals surface area contributed by atoms with E-state index in [1.807, 2.05) is 121 Å². The van der Waals surface area contributed by atoms with Crippen LogP contribution in [0.2, 0.25) is 0 Å². The Morgan fingerprint density at radius 2 is 0.750 bits per heavy atom. The molecule has 0 unspecified atom stereocenters. The number of hydrogen-bond donors (Lipinski definition) is 6. The third kappa shape index (κ3) is 12.6. The molecule has 0 aliphatic carbocycles. The molecule has 0 aromatic heterocycles. The molecule has 4 saturated heterocycles. The van der Waals surface area contributed by atoms with Crippen LogP contribution >= 0.6 is 0 Å². The van der Waals surface area contributed by atoms with E-state index in [2.05, 4.69) is 31.9 Å². The van der Waals surface area contributed by atoms with E-state index in [0.29, 0.717) is 38.5 Å². The van der Waals surface area contributed by atoms with Crippen molar-refractivity contribution >= 4 is 47.3 Å². The van der Waals surface area contributed by atoms with Gasteiger partial charge in [0.1, 0.15) is 24.2 Å². The molecule has 4 fully saturated rings. The number of benzene rings is 5. The summed E-state index contributed by atoms with van der Waals surface area (Å²) in [6, 6.07) is 37.7. The van der Waals surface area contributed by atoms with Gasteiger partial charge >= 0.3 is 0 Å². The Bertz CT molecular complexity index is 2730. The minimum Gasteiger partial charge on any atom is -0.343 e. The molecular weight excluding hydrogens is 1010 g/mol. The van der Waals surface area contributed by atoms with E-state index in [9.17, 15) is 38.4 Å². The second-order valence-corrected chi connectivity index (χ2v) is 21.3. The standard InChI is InChI=1S/C62H72N10O8/c1-39(63-3)55(73)65-49-37-69(35-33-47-29-31-51(71(47)61(49)79)57(75)67-53(41-17-9-5-10-18-41)42-19-11-6-12-20-42)59(77)45-25-27-46(28-26-45)60(78)70-36-34-48-30-32-52(72(48)62(80)50(38-70)66-56(74)40(2)64-4)58(76)68-54(43-21-13-7-14-22-43)44-23-15-8-16-24-44/h5-28,39-40,47-54,63-64H,29-38H2,1-4H3,(H,65,73)(H,66,74)(H,67,75)(H,68,76)/t39-,40-,47+,48+,49-,50-,51-,52-/m0/s1. The molecular formula is C62H72N10O8. The van der Waals surface area contributed by atoms with Crippen LogP contribution in [-0.4, -0.2) is 155 Å². The normalized spacial score (nSPS) is 22.0. The number of amides is 8. The Morgan fingerprint density at radius 1 is 0.438 bits per heavy atom. The fraction of sp³-hybridized carbons (Fsp3) is 0.387. The van der Waals surface area contributed by atoms with Crippen LogP contribution in [0.4, 0.5) is 0 Å². The van der Waals surface area contributed by atoms with Crippen LogP contribution in [0.1, 0.15) is 107 Å². The van der Waals surface area contributed by atoms with E-state index in [-0.39, 0.29) is 49.1 Å². The van der Waals surface area contributed by atoms with Crippen molar-refractivity contribution in [2.24, 2.45) is 0 Å². The van der Waals surface area contributed by atoms with E-state index in [1.165, 1.54) is 0 Å². The molecule has 0 saturated carbocycles. The predicted molar refractivity (Wildman–Crippen MR) is 301 cm³/mol. The van der Waals surface area contributed by atoms with Crippen LogP contribution in [0.25, 0.3) is 0 Å². The molecule has 5 aromatic rings. The van der Waals surface area contributed by atoms with Gasteiger partial charge in [0.15, 0.2) is 0 Å². The zero-order valence-electron chi connectivity index (χ0n) is 45.8. The second kappa shape index (κ2) is 25.7. The van der Waals surface area contributed by atoms with Gasteiger partial charge in [-0.1, -0.05) is 121 Å². The summed E-state index contributed by atoms with van der Waals surface area (Å²) in [6.45, 7) is 3.42. The van der Waals surface area contributed by atoms with Crippen molar-refractivity contribution in [1.82, 2.24) is 51.5 Å². The van der Waals surface area contributed by atoms with Crippen LogP contribution < -0.4 is 31.9 Å². The van der Waals surface area contributed by atoms with Gasteiger partial charge in [0.25, 0.3) is 11.8 Å². The molecule has 9 rings (SSSR count). The van der Waals surface area contributed by atoms with Gasteiger partial charge < -0.3 is 51.5 Å². The van der Waals surface area contributed by atoms with E-state index in [0.717, 1.165) is 22.3 Å². The summed E-state index contributed by atoms with van der Waals surface area (Å²) < 4.78 is 0. The van der Waals surface area contributed by atoms with Gasteiger partial charge in [-0.3, -0.25) is 38.4 Å². The SMILES string of the molecule is CN[C@@H](C)C(=O)N[C@H]1CN(C(=O)c2ccc(C(=O)N3CC[C@H]4CC[C@@H](C(=O)NC(c5ccccc5)c5ccccc5)N4C(=O)[C@@H](NC(=O)[C@H](C)NC)C3)cc2)CC[C@H]2CC[C@@H](C(=O)NC(c3ccccc3)c3ccccc3)N2C1=O. The molecule has 5 aromatic carbocycles. The lowest BCUT2D eigenvalue weighted by Gasteiger charge is -2.39. The Hall–Kier alpha value is -8.22. The Balaban J connectivity index is 0.905. The molecule has 0 spiro atoms. The highest BCUT2D eigenvalue weighted by Crippen LogP contribution is 2.34. The van der Waals surface area contributed by atoms with Crippen LogP contribution in [0, 0.1) is 0 Å². The summed E-state index contributed by atoms with van der Waals surface area (Å²) in [4.78, 5) is 121. The minimum atomic E-state index is -1.18. The first-order chi connectivity index (χ1) is 38.7. The van der Waals surface area contributed by atoms with E-state index in [4.69, 9.17) is 0 Å². The maximum atomic E-state index is 14.8. The van der Waals surface area contributed by atoms with Crippen LogP contribution in [0.5, 0.6) is 0 Å². The van der Waals surface area contributed by atoms with Gasteiger partial charge in [-0.2, -0.15) is 0 Å². The first kappa shape index (κ1) is 56.5. The highest BCUT2D eigenvalue weighted by atomic mass is 16.2. The van der Waals surface area contributed by atoms with E-state index < -0.39 is 95.9 Å². The summed E-state index contributed by atoms with van der Waals surface area (Å²) in [5, 5.41) is 18.0. The summed E-state index contributed by atoms with van der Waals surface area (Å²) in [5.41, 5.74) is 4.04. The minimum absolute atomic E-state index is 0.169. The van der Waals surface area contributed by atoms with Crippen molar-refractivity contribution in [3.63, 3.8) is 0 Å². The maximum absolute atomic E-state index is 14.8. The number of hydrogen-bond acceptors (Lipinski definition) is 10. The quantitative estimate of drug-likeness (QED) is 0.0831. The van der Waals surface area contributed by atoms with Crippen LogP contribution in [0.3, 0.4) is 0 Å². The lowest BCUT2D eigenvalue weighted by atomic mass is 9.98. The van der Waals surface area contributed by atoms with Gasteiger partial charge in [-0.05, 0) is 113 Å². The molecule has 4 aliphatic heterocycles. The largest absolute Gasteiger partial charge is 0.343 e. The van der Waals surface area contributed by atoms with Gasteiger partial charge in [-0.15, -0.1) is 0 Å². The summed E-state index contributed by atoms with van der Waals surface area (Å²) in [6.07, 6.45) is 2.58. The third-order valence-corrected chi connectivity index (χ3v) is 16.3. The van der Waals surface area contributed by atoms with Crippen molar-refractivity contribution in [3.8, 4) is 0 Å². The summed E-state index contributed by atoms with van der Waals surface area (Å²) in [5.74, 6) is -3.26. The van der Waals surface area contributed by atoms with Crippen LogP contribution in [-0.2, 0) is 28.8 Å². The molecule has 8 atom stereocenters. The van der Waals surface area contributed by atoms with Gasteiger partial charge in [0, 0.05) is 36.3 Å². The van der Waals surface area contributed by atoms with Crippen molar-refractivity contribution in [1.29, 1.82) is 0 Å². The molecule has 4 heterocycles. The van der Waals surface area contributed by atoms with Crippen molar-refractivity contribution < 1.29 is 38.4 Å². The molecule has 0 radical (unpaired) electrons. The number of nitrogens with zero attached hydrogens (tertiary/aromatic N) is 4. The average Bonchev–Trinajstić information content (AvgIpc) is 4.15. The molecule has 0 bridgehead atoms. The molecule has 18 nitrogen and oxygen atoms in total. The fourth-order valence-corrected chi connectivity index (χ4v) is 11.6. The Morgan fingerprint density at radius 3 is 1.05 bits per heavy atom. The monoisotopic (exact) mass is 1080 g/mol. The smallest absolute Gasteiger partial charge is 0.253 e. The first-order valence-corrected chi connectivity index (χ1v) is 27.8. The Labute approximate surface area is 467 Å². The summed E-state index contributed by atoms with van der Waals surface area (Å²) >= 11 is 0. The lowest BCUT2D eigenvalue weighted by Crippen LogP contribution is -2.62. The van der Waals surface area contributed by atoms with Crippen molar-refractivity contribution in [2.75, 3.05) is 40.3 Å². The van der Waals surface area contributed by atoms with E-state index in [1.54, 1.807) is 71.8 Å². The predicted octanol–water partition coefficient (Wildman–Crippen LogP) is 4.09. The zero-order chi connectivity index (χ0) is 56.5. The Kier molecular flexibility index (Phi) is 18.2. The highest BCUT2D eigenvalue weighted by Gasteiger charge is 2.48. The van der Waals surface area contributed by atoms with E-state index >= 15 is 0 Å². The fourth-order valence-electron chi connectivity index (χ4n) is 11.6. The van der Waals surface area contributed by atoms with Gasteiger partial charge in [-0.25, -0.2) is 0 Å². The maximum Gasteiger partial charge on any atom is 0.253 e. The average molecular weight is 1090 g/mol. The number of carbonyl (C=O) groups is 8. The summed E-state index contributed by atoms with van der Waals surface area (Å²) in [7, 11) is 3.26. The van der Waals surface area contributed by atoms with Crippen molar-refractivity contribution in [2.45, 2.75) is 113 Å². The number of likely N-dealkylation sites (N-methyl/N-ethyl adjacent to an activating group) is 2. The van der Waals surface area contributed by atoms with Crippen LogP contribution in [0.15, 0.2) is 146 Å². The van der Waals surface area contributed by atoms with Gasteiger partial charge in [0.2, 0.25) is 35.4 Å². The molecule has 80 heavy (non-hydrogen) atoms. The molecule has 18 heteroatoms. The number of fused-ring (bicyclic) bond motifs is 2. The number of rotatable bonds is 16. The molecule has 6 N–H and O–H groups in total. The highest BCUT2D eigenvalue weighted by molar-refractivity contribution is 6.00. The second-order valence-electron chi connectivity index (χ2n) is 21.3. The molecule has 4 aliphatic rings. The van der Waals surface area contributed by atoms with Gasteiger partial charge in [0.05, 0.1) is 37.3 Å². The topological polar surface area (TPSA) is 222 Å². The number of carbonyl (C=O) groups excluding carboxylic acids is 8. The molecule has 8 amide bonds.